The van der Waals surface area contributed by atoms with Crippen molar-refractivity contribution in [2.24, 2.45) is 0 Å². The van der Waals surface area contributed by atoms with Gasteiger partial charge in [-0.3, -0.25) is 0 Å². The van der Waals surface area contributed by atoms with Crippen molar-refractivity contribution < 1.29 is 0 Å². The topological polar surface area (TPSA) is 25.8 Å². The summed E-state index contributed by atoms with van der Waals surface area (Å²) in [6.45, 7) is 7.08. The average Bonchev–Trinajstić information content (AvgIpc) is 3.71. The number of hydrogen-bond acceptors (Lipinski definition) is 2. The van der Waals surface area contributed by atoms with E-state index in [0.717, 1.165) is 33.9 Å². The van der Waals surface area contributed by atoms with Gasteiger partial charge in [0, 0.05) is 27.5 Å². The van der Waals surface area contributed by atoms with E-state index in [1.807, 2.05) is 6.07 Å². The second-order valence-corrected chi connectivity index (χ2v) is 17.5. The lowest BCUT2D eigenvalue weighted by atomic mass is 9.74. The van der Waals surface area contributed by atoms with Crippen molar-refractivity contribution in [2.75, 3.05) is 0 Å². The zero-order valence-electron chi connectivity index (χ0n) is 34.4. The van der Waals surface area contributed by atoms with Gasteiger partial charge in [0.25, 0.3) is 0 Å². The van der Waals surface area contributed by atoms with Gasteiger partial charge in [0.2, 0.25) is 0 Å². The van der Waals surface area contributed by atoms with Crippen molar-refractivity contribution >= 4 is 21.5 Å². The van der Waals surface area contributed by atoms with E-state index in [2.05, 4.69) is 215 Å². The van der Waals surface area contributed by atoms with Crippen molar-refractivity contribution in [1.29, 1.82) is 0 Å². The van der Waals surface area contributed by atoms with Gasteiger partial charge in [-0.15, -0.1) is 0 Å². The number of fused-ring (bicyclic) bond motifs is 8. The van der Waals surface area contributed by atoms with E-state index in [0.29, 0.717) is 0 Å². The average molecular weight is 779 g/mol. The summed E-state index contributed by atoms with van der Waals surface area (Å²) >= 11 is 0. The second-order valence-electron chi connectivity index (χ2n) is 17.5. The van der Waals surface area contributed by atoms with Crippen molar-refractivity contribution in [3.8, 4) is 67.3 Å². The minimum atomic E-state index is -0.238. The van der Waals surface area contributed by atoms with Gasteiger partial charge in [0.15, 0.2) is 5.82 Å². The number of nitrogens with zero attached hydrogens (tertiary/aromatic N) is 2. The van der Waals surface area contributed by atoms with Gasteiger partial charge in [0.1, 0.15) is 0 Å². The van der Waals surface area contributed by atoms with E-state index in [4.69, 9.17) is 9.97 Å². The van der Waals surface area contributed by atoms with Crippen LogP contribution in [0.1, 0.15) is 48.6 Å². The molecule has 1 heterocycles. The third kappa shape index (κ3) is 5.42. The first-order chi connectivity index (χ1) is 29.8. The van der Waals surface area contributed by atoms with Gasteiger partial charge >= 0.3 is 0 Å². The summed E-state index contributed by atoms with van der Waals surface area (Å²) in [5, 5.41) is 4.89. The normalized spacial score (nSPS) is 15.7. The molecule has 0 saturated carbocycles. The summed E-state index contributed by atoms with van der Waals surface area (Å²) in [6, 6.07) is 73.3. The minimum Gasteiger partial charge on any atom is -0.228 e. The number of rotatable bonds is 5. The largest absolute Gasteiger partial charge is 0.228 e. The Morgan fingerprint density at radius 1 is 0.328 bits per heavy atom. The lowest BCUT2D eigenvalue weighted by molar-refractivity contribution is 0.661. The molecule has 0 aliphatic heterocycles. The van der Waals surface area contributed by atoms with E-state index in [-0.39, 0.29) is 10.8 Å². The molecule has 2 heteroatoms. The molecule has 0 amide bonds. The van der Waals surface area contributed by atoms with Crippen molar-refractivity contribution in [3.63, 3.8) is 0 Å². The predicted octanol–water partition coefficient (Wildman–Crippen LogP) is 15.1. The molecule has 2 aliphatic rings. The summed E-state index contributed by atoms with van der Waals surface area (Å²) in [6.07, 6.45) is 0. The van der Waals surface area contributed by atoms with Gasteiger partial charge < -0.3 is 0 Å². The van der Waals surface area contributed by atoms with Crippen LogP contribution in [0.25, 0.3) is 88.8 Å². The lowest BCUT2D eigenvalue weighted by Crippen LogP contribution is -2.22. The molecule has 0 saturated heterocycles. The summed E-state index contributed by atoms with van der Waals surface area (Å²) in [5.41, 5.74) is 19.0. The maximum Gasteiger partial charge on any atom is 0.160 e. The Kier molecular flexibility index (Phi) is 7.74. The molecule has 0 fully saturated rings. The first-order valence-electron chi connectivity index (χ1n) is 21.3. The maximum absolute atomic E-state index is 5.32. The lowest BCUT2D eigenvalue weighted by Gasteiger charge is -2.28. The Labute approximate surface area is 356 Å². The molecular weight excluding hydrogens is 737 g/mol. The van der Waals surface area contributed by atoms with Crippen LogP contribution in [0.3, 0.4) is 0 Å². The molecule has 1 aromatic heterocycles. The molecule has 2 nitrogen and oxygen atoms in total. The predicted molar refractivity (Wildman–Crippen MR) is 254 cm³/mol. The zero-order chi connectivity index (χ0) is 40.9. The molecular formula is C59H42N2. The highest BCUT2D eigenvalue weighted by Gasteiger charge is 2.41. The molecule has 0 N–H and O–H groups in total. The smallest absolute Gasteiger partial charge is 0.160 e. The fourth-order valence-electron chi connectivity index (χ4n) is 10.5. The van der Waals surface area contributed by atoms with Crippen LogP contribution in [0.5, 0.6) is 0 Å². The molecule has 1 atom stereocenters. The van der Waals surface area contributed by atoms with E-state index in [1.165, 1.54) is 82.7 Å². The Balaban J connectivity index is 0.966. The molecule has 0 bridgehead atoms. The fourth-order valence-corrected chi connectivity index (χ4v) is 10.5. The van der Waals surface area contributed by atoms with Gasteiger partial charge in [-0.25, -0.2) is 9.97 Å². The van der Waals surface area contributed by atoms with Gasteiger partial charge in [-0.2, -0.15) is 0 Å². The first kappa shape index (κ1) is 35.5. The summed E-state index contributed by atoms with van der Waals surface area (Å²) in [5.74, 6) is 0.721. The SMILES string of the molecule is CC1(C)c2cc3ccccc3cc2-c2c(-c3cc(-c4ccc5cc(-c6ccc7c(c6)C(C)(c6ccccc6)c6ccccc6-7)ccc5c4)nc(-c4ccccc4)n3)cccc21. The summed E-state index contributed by atoms with van der Waals surface area (Å²) < 4.78 is 0. The minimum absolute atomic E-state index is 0.146. The highest BCUT2D eigenvalue weighted by molar-refractivity contribution is 5.99. The number of hydrogen-bond donors (Lipinski definition) is 0. The molecule has 0 radical (unpaired) electrons. The first-order valence-corrected chi connectivity index (χ1v) is 21.3. The Bertz CT molecular complexity index is 3400. The molecule has 1 unspecified atom stereocenters. The number of benzene rings is 9. The van der Waals surface area contributed by atoms with Crippen LogP contribution in [-0.4, -0.2) is 9.97 Å². The number of aromatic nitrogens is 2. The molecule has 0 spiro atoms. The fraction of sp³-hybridized carbons (Fsp3) is 0.0847. The van der Waals surface area contributed by atoms with Crippen molar-refractivity contribution in [1.82, 2.24) is 9.97 Å². The molecule has 61 heavy (non-hydrogen) atoms. The van der Waals surface area contributed by atoms with Crippen LogP contribution in [-0.2, 0) is 10.8 Å². The second kappa shape index (κ2) is 13.3. The third-order valence-electron chi connectivity index (χ3n) is 13.7. The molecule has 10 aromatic rings. The van der Waals surface area contributed by atoms with Crippen LogP contribution in [0.4, 0.5) is 0 Å². The van der Waals surface area contributed by atoms with E-state index in [9.17, 15) is 0 Å². The van der Waals surface area contributed by atoms with Gasteiger partial charge in [-0.05, 0) is 126 Å². The van der Waals surface area contributed by atoms with Crippen molar-refractivity contribution in [2.45, 2.75) is 31.6 Å². The highest BCUT2D eigenvalue weighted by Crippen LogP contribution is 2.54. The van der Waals surface area contributed by atoms with E-state index >= 15 is 0 Å². The monoisotopic (exact) mass is 778 g/mol. The Hall–Kier alpha value is -7.42. The van der Waals surface area contributed by atoms with Crippen LogP contribution < -0.4 is 0 Å². The van der Waals surface area contributed by atoms with Gasteiger partial charge in [-0.1, -0.05) is 178 Å². The van der Waals surface area contributed by atoms with E-state index in [1.54, 1.807) is 0 Å². The summed E-state index contributed by atoms with van der Waals surface area (Å²) in [7, 11) is 0. The van der Waals surface area contributed by atoms with Gasteiger partial charge in [0.05, 0.1) is 11.4 Å². The molecule has 2 aliphatic carbocycles. The van der Waals surface area contributed by atoms with Crippen LogP contribution >= 0.6 is 0 Å². The highest BCUT2D eigenvalue weighted by atomic mass is 14.9. The maximum atomic E-state index is 5.32. The molecule has 12 rings (SSSR count). The van der Waals surface area contributed by atoms with E-state index < -0.39 is 0 Å². The zero-order valence-corrected chi connectivity index (χ0v) is 34.4. The molecule has 9 aromatic carbocycles. The Morgan fingerprint density at radius 3 is 1.70 bits per heavy atom. The quantitative estimate of drug-likeness (QED) is 0.174. The van der Waals surface area contributed by atoms with Crippen molar-refractivity contribution in [3.05, 3.63) is 228 Å². The Morgan fingerprint density at radius 2 is 0.902 bits per heavy atom. The third-order valence-corrected chi connectivity index (χ3v) is 13.7. The standard InChI is InChI=1S/C59H42N2/c1-58(2)51-24-14-22-48(56(51)49-33-38-17-10-11-18-39(38)34-52(49)58)55-36-54(60-57(61-55)37-15-6-4-7-16-37)44-28-27-40-31-41(25-26-42(40)32-44)43-29-30-47-46-21-12-13-23-50(46)59(3,53(47)35-43)45-19-8-5-9-20-45/h4-36H,1-3H3. The van der Waals surface area contributed by atoms with Crippen LogP contribution in [0.15, 0.2) is 200 Å². The van der Waals surface area contributed by atoms with Crippen LogP contribution in [0.2, 0.25) is 0 Å². The van der Waals surface area contributed by atoms with Crippen LogP contribution in [0, 0.1) is 0 Å². The summed E-state index contributed by atoms with van der Waals surface area (Å²) in [4.78, 5) is 10.6. The molecule has 288 valence electrons.